The van der Waals surface area contributed by atoms with E-state index in [2.05, 4.69) is 26.0 Å². The Balaban J connectivity index is 2.13. The molecule has 2 rings (SSSR count). The molecule has 0 unspecified atom stereocenters. The van der Waals surface area contributed by atoms with Crippen LogP contribution in [0.25, 0.3) is 0 Å². The zero-order chi connectivity index (χ0) is 15.7. The first-order valence-corrected chi connectivity index (χ1v) is 9.46. The van der Waals surface area contributed by atoms with Crippen molar-refractivity contribution in [1.82, 2.24) is 10.0 Å². The van der Waals surface area contributed by atoms with Gasteiger partial charge in [0.1, 0.15) is 0 Å². The molecule has 6 heteroatoms. The number of benzene rings is 1. The van der Waals surface area contributed by atoms with Crippen molar-refractivity contribution in [2.45, 2.75) is 51.1 Å². The summed E-state index contributed by atoms with van der Waals surface area (Å²) >= 11 is 3.34. The van der Waals surface area contributed by atoms with Crippen LogP contribution in [-0.2, 0) is 16.6 Å². The molecular formula is C15H23BrN2O2S. The molecule has 2 N–H and O–H groups in total. The number of hydrogen-bond donors (Lipinski definition) is 2. The Kier molecular flexibility index (Phi) is 5.13. The highest BCUT2D eigenvalue weighted by Crippen LogP contribution is 2.25. The smallest absolute Gasteiger partial charge is 0.241 e. The van der Waals surface area contributed by atoms with Crippen molar-refractivity contribution in [2.24, 2.45) is 5.41 Å². The van der Waals surface area contributed by atoms with Gasteiger partial charge in [-0.05, 0) is 51.9 Å². The first kappa shape index (κ1) is 16.9. The van der Waals surface area contributed by atoms with Crippen molar-refractivity contribution in [2.75, 3.05) is 6.54 Å². The van der Waals surface area contributed by atoms with E-state index in [0.717, 1.165) is 5.56 Å². The summed E-state index contributed by atoms with van der Waals surface area (Å²) < 4.78 is 28.2. The van der Waals surface area contributed by atoms with Gasteiger partial charge in [0.15, 0.2) is 0 Å². The van der Waals surface area contributed by atoms with Gasteiger partial charge in [-0.3, -0.25) is 0 Å². The Labute approximate surface area is 135 Å². The number of nitrogens with one attached hydrogen (secondary N) is 2. The molecule has 0 radical (unpaired) electrons. The Morgan fingerprint density at radius 2 is 1.95 bits per heavy atom. The maximum atomic E-state index is 12.4. The van der Waals surface area contributed by atoms with Gasteiger partial charge in [-0.15, -0.1) is 0 Å². The topological polar surface area (TPSA) is 58.2 Å². The van der Waals surface area contributed by atoms with Crippen molar-refractivity contribution in [1.29, 1.82) is 0 Å². The van der Waals surface area contributed by atoms with Crippen LogP contribution in [0.3, 0.4) is 0 Å². The highest BCUT2D eigenvalue weighted by atomic mass is 79.9. The molecule has 0 heterocycles. The average molecular weight is 375 g/mol. The van der Waals surface area contributed by atoms with Crippen LogP contribution in [0.1, 0.15) is 39.2 Å². The molecule has 0 bridgehead atoms. The highest BCUT2D eigenvalue weighted by Gasteiger charge is 2.23. The largest absolute Gasteiger partial charge is 0.310 e. The standard InChI is InChI=1S/C15H23BrN2O2S/c1-15(2,3)10-18-21(19,20)14-8-11(4-7-13(14)16)9-17-12-5-6-12/h4,7-8,12,17-18H,5-6,9-10H2,1-3H3. The lowest BCUT2D eigenvalue weighted by Gasteiger charge is -2.19. The molecule has 0 saturated heterocycles. The molecule has 1 aliphatic carbocycles. The van der Waals surface area contributed by atoms with E-state index in [9.17, 15) is 8.42 Å². The van der Waals surface area contributed by atoms with Crippen LogP contribution in [0.5, 0.6) is 0 Å². The molecule has 0 amide bonds. The number of rotatable bonds is 6. The van der Waals surface area contributed by atoms with Gasteiger partial charge in [0.05, 0.1) is 4.90 Å². The maximum Gasteiger partial charge on any atom is 0.241 e. The third-order valence-electron chi connectivity index (χ3n) is 3.25. The fraction of sp³-hybridized carbons (Fsp3) is 0.600. The zero-order valence-electron chi connectivity index (χ0n) is 12.7. The SMILES string of the molecule is CC(C)(C)CNS(=O)(=O)c1cc(CNC2CC2)ccc1Br. The molecule has 21 heavy (non-hydrogen) atoms. The Morgan fingerprint density at radius 1 is 1.29 bits per heavy atom. The van der Waals surface area contributed by atoms with Gasteiger partial charge < -0.3 is 5.32 Å². The van der Waals surface area contributed by atoms with Gasteiger partial charge >= 0.3 is 0 Å². The van der Waals surface area contributed by atoms with Crippen LogP contribution in [0.15, 0.2) is 27.6 Å². The Bertz CT molecular complexity index is 605. The lowest BCUT2D eigenvalue weighted by Crippen LogP contribution is -2.32. The van der Waals surface area contributed by atoms with E-state index < -0.39 is 10.0 Å². The summed E-state index contributed by atoms with van der Waals surface area (Å²) in [6.07, 6.45) is 2.43. The molecule has 0 aromatic heterocycles. The monoisotopic (exact) mass is 374 g/mol. The van der Waals surface area contributed by atoms with Gasteiger partial charge in [0, 0.05) is 23.6 Å². The van der Waals surface area contributed by atoms with Gasteiger partial charge in [0.2, 0.25) is 10.0 Å². The minimum absolute atomic E-state index is 0.0926. The number of hydrogen-bond acceptors (Lipinski definition) is 3. The fourth-order valence-electron chi connectivity index (χ4n) is 1.80. The second kappa shape index (κ2) is 6.36. The number of sulfonamides is 1. The lowest BCUT2D eigenvalue weighted by atomic mass is 9.98. The third-order valence-corrected chi connectivity index (χ3v) is 5.64. The predicted molar refractivity (Wildman–Crippen MR) is 88.6 cm³/mol. The van der Waals surface area contributed by atoms with Crippen LogP contribution >= 0.6 is 15.9 Å². The minimum atomic E-state index is -3.49. The van der Waals surface area contributed by atoms with Crippen molar-refractivity contribution in [3.05, 3.63) is 28.2 Å². The number of halogens is 1. The summed E-state index contributed by atoms with van der Waals surface area (Å²) in [6.45, 7) is 7.12. The first-order chi connectivity index (χ1) is 9.67. The Morgan fingerprint density at radius 3 is 2.52 bits per heavy atom. The third kappa shape index (κ3) is 5.36. The van der Waals surface area contributed by atoms with E-state index in [0.29, 0.717) is 28.5 Å². The van der Waals surface area contributed by atoms with Crippen LogP contribution in [-0.4, -0.2) is 21.0 Å². The van der Waals surface area contributed by atoms with Crippen LogP contribution in [0.4, 0.5) is 0 Å². The molecule has 1 fully saturated rings. The van der Waals surface area contributed by atoms with Crippen LogP contribution in [0.2, 0.25) is 0 Å². The van der Waals surface area contributed by atoms with Crippen LogP contribution in [0, 0.1) is 5.41 Å². The fourth-order valence-corrected chi connectivity index (χ4v) is 4.10. The summed E-state index contributed by atoms with van der Waals surface area (Å²) in [5, 5.41) is 3.40. The molecule has 0 spiro atoms. The summed E-state index contributed by atoms with van der Waals surface area (Å²) in [5.41, 5.74) is 0.895. The summed E-state index contributed by atoms with van der Waals surface area (Å²) in [4.78, 5) is 0.307. The molecule has 1 aliphatic rings. The molecular weight excluding hydrogens is 352 g/mol. The Hall–Kier alpha value is -0.430. The van der Waals surface area contributed by atoms with E-state index in [1.54, 1.807) is 12.1 Å². The minimum Gasteiger partial charge on any atom is -0.310 e. The molecule has 0 atom stereocenters. The van der Waals surface area contributed by atoms with Crippen molar-refractivity contribution < 1.29 is 8.42 Å². The molecule has 0 aliphatic heterocycles. The molecule has 4 nitrogen and oxygen atoms in total. The van der Waals surface area contributed by atoms with Gasteiger partial charge in [-0.25, -0.2) is 13.1 Å². The highest BCUT2D eigenvalue weighted by molar-refractivity contribution is 9.10. The van der Waals surface area contributed by atoms with E-state index in [-0.39, 0.29) is 5.41 Å². The van der Waals surface area contributed by atoms with Gasteiger partial charge in [0.25, 0.3) is 0 Å². The average Bonchev–Trinajstić information content (AvgIpc) is 3.19. The second-order valence-corrected chi connectivity index (χ2v) is 9.39. The first-order valence-electron chi connectivity index (χ1n) is 7.19. The van der Waals surface area contributed by atoms with Crippen molar-refractivity contribution in [3.8, 4) is 0 Å². The van der Waals surface area contributed by atoms with E-state index in [4.69, 9.17) is 0 Å². The molecule has 1 aromatic carbocycles. The van der Waals surface area contributed by atoms with Crippen molar-refractivity contribution >= 4 is 26.0 Å². The lowest BCUT2D eigenvalue weighted by molar-refractivity contribution is 0.407. The maximum absolute atomic E-state index is 12.4. The summed E-state index contributed by atoms with van der Waals surface area (Å²) in [5.74, 6) is 0. The molecule has 1 aromatic rings. The molecule has 118 valence electrons. The van der Waals surface area contributed by atoms with Crippen LogP contribution < -0.4 is 10.0 Å². The van der Waals surface area contributed by atoms with Gasteiger partial charge in [-0.2, -0.15) is 0 Å². The van der Waals surface area contributed by atoms with E-state index in [1.807, 2.05) is 26.8 Å². The summed E-state index contributed by atoms with van der Waals surface area (Å²) in [6, 6.07) is 6.09. The normalized spacial score (nSPS) is 16.2. The van der Waals surface area contributed by atoms with Crippen molar-refractivity contribution in [3.63, 3.8) is 0 Å². The zero-order valence-corrected chi connectivity index (χ0v) is 15.1. The summed E-state index contributed by atoms with van der Waals surface area (Å²) in [7, 11) is -3.49. The van der Waals surface area contributed by atoms with E-state index >= 15 is 0 Å². The second-order valence-electron chi connectivity index (χ2n) is 6.81. The molecule has 1 saturated carbocycles. The quantitative estimate of drug-likeness (QED) is 0.804. The predicted octanol–water partition coefficient (Wildman–Crippen LogP) is 3.03. The van der Waals surface area contributed by atoms with Gasteiger partial charge in [-0.1, -0.05) is 26.8 Å². The van der Waals surface area contributed by atoms with E-state index in [1.165, 1.54) is 12.8 Å².